The van der Waals surface area contributed by atoms with Gasteiger partial charge in [-0.1, -0.05) is 12.8 Å². The van der Waals surface area contributed by atoms with E-state index < -0.39 is 0 Å². The molecule has 0 aromatic heterocycles. The van der Waals surface area contributed by atoms with Crippen molar-refractivity contribution in [1.29, 1.82) is 0 Å². The second-order valence-electron chi connectivity index (χ2n) is 3.47. The Labute approximate surface area is 75.7 Å². The highest BCUT2D eigenvalue weighted by atomic mass is 16.5. The number of hydrogen-bond donors (Lipinski definition) is 1. The number of methoxy groups -OCH3 is 1. The minimum absolute atomic E-state index is 0.237. The van der Waals surface area contributed by atoms with Gasteiger partial charge in [-0.05, 0) is 20.3 Å². The molecule has 0 aliphatic rings. The van der Waals surface area contributed by atoms with E-state index in [-0.39, 0.29) is 5.54 Å². The highest BCUT2D eigenvalue weighted by molar-refractivity contribution is 5.08. The SMILES string of the molecule is C#CC(C)(C)NC(CC)COC. The zero-order chi connectivity index (χ0) is 9.61. The van der Waals surface area contributed by atoms with Crippen molar-refractivity contribution in [3.8, 4) is 12.3 Å². The number of nitrogens with one attached hydrogen (secondary N) is 1. The second kappa shape index (κ2) is 5.18. The lowest BCUT2D eigenvalue weighted by molar-refractivity contribution is 0.155. The van der Waals surface area contributed by atoms with Crippen molar-refractivity contribution in [2.24, 2.45) is 0 Å². The Morgan fingerprint density at radius 3 is 2.50 bits per heavy atom. The molecule has 12 heavy (non-hydrogen) atoms. The fraction of sp³-hybridized carbons (Fsp3) is 0.800. The van der Waals surface area contributed by atoms with E-state index in [9.17, 15) is 0 Å². The molecule has 2 nitrogen and oxygen atoms in total. The van der Waals surface area contributed by atoms with Crippen molar-refractivity contribution in [2.75, 3.05) is 13.7 Å². The van der Waals surface area contributed by atoms with Crippen LogP contribution in [0.1, 0.15) is 27.2 Å². The highest BCUT2D eigenvalue weighted by Gasteiger charge is 2.17. The Morgan fingerprint density at radius 2 is 2.17 bits per heavy atom. The molecule has 0 radical (unpaired) electrons. The summed E-state index contributed by atoms with van der Waals surface area (Å²) in [6, 6.07) is 0.348. The topological polar surface area (TPSA) is 21.3 Å². The van der Waals surface area contributed by atoms with E-state index in [1.54, 1.807) is 7.11 Å². The van der Waals surface area contributed by atoms with Crippen LogP contribution in [0.4, 0.5) is 0 Å². The maximum Gasteiger partial charge on any atom is 0.0744 e. The monoisotopic (exact) mass is 169 g/mol. The third-order valence-corrected chi connectivity index (χ3v) is 1.79. The van der Waals surface area contributed by atoms with Crippen LogP contribution in [0.2, 0.25) is 0 Å². The van der Waals surface area contributed by atoms with Gasteiger partial charge in [-0.3, -0.25) is 5.32 Å². The lowest BCUT2D eigenvalue weighted by Crippen LogP contribution is -2.46. The summed E-state index contributed by atoms with van der Waals surface area (Å²) in [6.45, 7) is 6.81. The van der Waals surface area contributed by atoms with E-state index in [2.05, 4.69) is 18.2 Å². The molecule has 0 aromatic rings. The summed E-state index contributed by atoms with van der Waals surface area (Å²) in [4.78, 5) is 0. The third kappa shape index (κ3) is 4.38. The van der Waals surface area contributed by atoms with E-state index in [4.69, 9.17) is 11.2 Å². The minimum Gasteiger partial charge on any atom is -0.383 e. The number of ether oxygens (including phenoxy) is 1. The molecule has 0 aliphatic heterocycles. The van der Waals surface area contributed by atoms with Gasteiger partial charge in [-0.2, -0.15) is 0 Å². The highest BCUT2D eigenvalue weighted by Crippen LogP contribution is 2.03. The molecular formula is C10H19NO. The Hall–Kier alpha value is -0.520. The quantitative estimate of drug-likeness (QED) is 0.628. The van der Waals surface area contributed by atoms with Gasteiger partial charge in [0.1, 0.15) is 0 Å². The van der Waals surface area contributed by atoms with Gasteiger partial charge in [-0.25, -0.2) is 0 Å². The van der Waals surface area contributed by atoms with Gasteiger partial charge in [0.15, 0.2) is 0 Å². The van der Waals surface area contributed by atoms with Crippen molar-refractivity contribution in [3.05, 3.63) is 0 Å². The van der Waals surface area contributed by atoms with E-state index >= 15 is 0 Å². The summed E-state index contributed by atoms with van der Waals surface area (Å²) < 4.78 is 5.05. The zero-order valence-electron chi connectivity index (χ0n) is 8.48. The van der Waals surface area contributed by atoms with Gasteiger partial charge in [0.25, 0.3) is 0 Å². The predicted octanol–water partition coefficient (Wildman–Crippen LogP) is 1.41. The number of hydrogen-bond acceptors (Lipinski definition) is 2. The van der Waals surface area contributed by atoms with Crippen molar-refractivity contribution >= 4 is 0 Å². The molecule has 2 heteroatoms. The summed E-state index contributed by atoms with van der Waals surface area (Å²) in [5.41, 5.74) is -0.237. The van der Waals surface area contributed by atoms with E-state index in [1.807, 2.05) is 13.8 Å². The van der Waals surface area contributed by atoms with Crippen LogP contribution < -0.4 is 5.32 Å². The van der Waals surface area contributed by atoms with Crippen LogP contribution in [0.25, 0.3) is 0 Å². The molecule has 0 fully saturated rings. The van der Waals surface area contributed by atoms with Gasteiger partial charge < -0.3 is 4.74 Å². The Balaban J connectivity index is 3.94. The fourth-order valence-corrected chi connectivity index (χ4v) is 1.01. The molecule has 1 atom stereocenters. The first-order valence-electron chi connectivity index (χ1n) is 4.30. The standard InChI is InChI=1S/C10H19NO/c1-6-9(8-12-5)11-10(3,4)7-2/h2,9,11H,6,8H2,1,3-5H3. The van der Waals surface area contributed by atoms with Crippen LogP contribution in [-0.4, -0.2) is 25.3 Å². The summed E-state index contributed by atoms with van der Waals surface area (Å²) in [5, 5.41) is 3.33. The Bertz CT molecular complexity index is 158. The van der Waals surface area contributed by atoms with Crippen LogP contribution in [0.5, 0.6) is 0 Å². The molecule has 0 rings (SSSR count). The normalized spacial score (nSPS) is 13.9. The van der Waals surface area contributed by atoms with Crippen LogP contribution in [0, 0.1) is 12.3 Å². The van der Waals surface area contributed by atoms with Crippen molar-refractivity contribution in [2.45, 2.75) is 38.8 Å². The molecule has 1 N–H and O–H groups in total. The molecule has 70 valence electrons. The Morgan fingerprint density at radius 1 is 1.58 bits per heavy atom. The van der Waals surface area contributed by atoms with E-state index in [1.165, 1.54) is 0 Å². The molecule has 0 spiro atoms. The van der Waals surface area contributed by atoms with Crippen LogP contribution >= 0.6 is 0 Å². The Kier molecular flexibility index (Phi) is 4.96. The van der Waals surface area contributed by atoms with Gasteiger partial charge in [-0.15, -0.1) is 6.42 Å². The first-order valence-corrected chi connectivity index (χ1v) is 4.30. The number of rotatable bonds is 5. The maximum absolute atomic E-state index is 5.35. The van der Waals surface area contributed by atoms with Crippen molar-refractivity contribution in [3.63, 3.8) is 0 Å². The minimum atomic E-state index is -0.237. The molecule has 0 saturated heterocycles. The molecular weight excluding hydrogens is 150 g/mol. The molecule has 0 heterocycles. The zero-order valence-corrected chi connectivity index (χ0v) is 8.48. The second-order valence-corrected chi connectivity index (χ2v) is 3.47. The molecule has 0 amide bonds. The van der Waals surface area contributed by atoms with Gasteiger partial charge in [0.05, 0.1) is 12.1 Å². The smallest absolute Gasteiger partial charge is 0.0744 e. The van der Waals surface area contributed by atoms with Crippen molar-refractivity contribution in [1.82, 2.24) is 5.32 Å². The maximum atomic E-state index is 5.35. The largest absolute Gasteiger partial charge is 0.383 e. The summed E-state index contributed by atoms with van der Waals surface area (Å²) >= 11 is 0. The van der Waals surface area contributed by atoms with E-state index in [0.717, 1.165) is 6.42 Å². The fourth-order valence-electron chi connectivity index (χ4n) is 1.01. The molecule has 0 bridgehead atoms. The summed E-state index contributed by atoms with van der Waals surface area (Å²) in [6.07, 6.45) is 6.38. The summed E-state index contributed by atoms with van der Waals surface area (Å²) in [5.74, 6) is 2.70. The number of terminal acetylenes is 1. The predicted molar refractivity (Wildman–Crippen MR) is 52.0 cm³/mol. The van der Waals surface area contributed by atoms with Crippen LogP contribution in [0.15, 0.2) is 0 Å². The molecule has 0 saturated carbocycles. The van der Waals surface area contributed by atoms with Crippen molar-refractivity contribution < 1.29 is 4.74 Å². The van der Waals surface area contributed by atoms with Gasteiger partial charge >= 0.3 is 0 Å². The lowest BCUT2D eigenvalue weighted by atomic mass is 10.0. The average Bonchev–Trinajstić information content (AvgIpc) is 2.03. The first-order chi connectivity index (χ1) is 5.55. The van der Waals surface area contributed by atoms with Gasteiger partial charge in [0.2, 0.25) is 0 Å². The van der Waals surface area contributed by atoms with E-state index in [0.29, 0.717) is 12.6 Å². The van der Waals surface area contributed by atoms with Gasteiger partial charge in [0, 0.05) is 13.2 Å². The first kappa shape index (κ1) is 11.5. The molecule has 1 unspecified atom stereocenters. The third-order valence-electron chi connectivity index (χ3n) is 1.79. The molecule has 0 aromatic carbocycles. The molecule has 0 aliphatic carbocycles. The lowest BCUT2D eigenvalue weighted by Gasteiger charge is -2.26. The average molecular weight is 169 g/mol. The summed E-state index contributed by atoms with van der Waals surface area (Å²) in [7, 11) is 1.70. The van der Waals surface area contributed by atoms with Crippen LogP contribution in [0.3, 0.4) is 0 Å². The van der Waals surface area contributed by atoms with Crippen LogP contribution in [-0.2, 0) is 4.74 Å².